The molecule has 1 aliphatic carbocycles. The summed E-state index contributed by atoms with van der Waals surface area (Å²) >= 11 is 0. The maximum atomic E-state index is 15.0. The third-order valence-corrected chi connectivity index (χ3v) is 12.8. The van der Waals surface area contributed by atoms with Crippen LogP contribution in [0.2, 0.25) is 0 Å². The second kappa shape index (κ2) is 20.3. The van der Waals surface area contributed by atoms with Crippen molar-refractivity contribution >= 4 is 29.3 Å². The highest BCUT2D eigenvalue weighted by Crippen LogP contribution is 2.47. The normalized spacial score (nSPS) is 25.4. The molecule has 364 valence electrons. The number of phenols is 1. The molecule has 1 fully saturated rings. The molecule has 0 spiro atoms. The molecule has 0 aromatic heterocycles. The molecular formula is C46H56N8O14. The van der Waals surface area contributed by atoms with Crippen molar-refractivity contribution in [3.05, 3.63) is 111 Å². The SMILES string of the molecule is CN=C(N)NC(CCO)c1c(CCC2=CNC(N)C=C2)cc2c(c1O)C(=O)c1c(OC3OC(CO)C(O)(CC(CN4C(=O)C=CC4=O)C4=CCNC(N)=C4)C(O)C3O)cc(OC)c(CO)c1C2=O. The van der Waals surface area contributed by atoms with Crippen LogP contribution in [-0.2, 0) is 27.4 Å². The quantitative estimate of drug-likeness (QED) is 0.0384. The van der Waals surface area contributed by atoms with Crippen LogP contribution in [0.5, 0.6) is 17.2 Å². The van der Waals surface area contributed by atoms with Crippen LogP contribution in [0, 0.1) is 5.92 Å². The van der Waals surface area contributed by atoms with E-state index >= 15 is 4.79 Å². The summed E-state index contributed by atoms with van der Waals surface area (Å²) in [5.74, 6) is -5.04. The number of aliphatic imine (C=N–C) groups is 1. The van der Waals surface area contributed by atoms with Gasteiger partial charge in [-0.2, -0.15) is 0 Å². The molecule has 2 aromatic carbocycles. The van der Waals surface area contributed by atoms with E-state index in [0.717, 1.165) is 28.7 Å². The van der Waals surface area contributed by atoms with Gasteiger partial charge in [0.25, 0.3) is 11.8 Å². The zero-order valence-electron chi connectivity index (χ0n) is 37.2. The zero-order chi connectivity index (χ0) is 49.2. The van der Waals surface area contributed by atoms with Crippen LogP contribution in [0.4, 0.5) is 0 Å². The minimum atomic E-state index is -2.49. The Morgan fingerprint density at radius 3 is 2.40 bits per heavy atom. The van der Waals surface area contributed by atoms with Crippen molar-refractivity contribution in [3.63, 3.8) is 0 Å². The number of benzene rings is 2. The second-order valence-electron chi connectivity index (χ2n) is 16.9. The van der Waals surface area contributed by atoms with E-state index in [0.29, 0.717) is 17.6 Å². The number of carbonyl (C=O) groups is 4. The summed E-state index contributed by atoms with van der Waals surface area (Å²) < 4.78 is 17.7. The van der Waals surface area contributed by atoms with E-state index in [2.05, 4.69) is 20.9 Å². The summed E-state index contributed by atoms with van der Waals surface area (Å²) in [5.41, 5.74) is 15.7. The lowest BCUT2D eigenvalue weighted by Crippen LogP contribution is -2.68. The highest BCUT2D eigenvalue weighted by atomic mass is 16.7. The van der Waals surface area contributed by atoms with Gasteiger partial charge in [-0.25, -0.2) is 0 Å². The molecule has 0 saturated carbocycles. The number of allylic oxidation sites excluding steroid dienone is 3. The molecule has 22 heteroatoms. The van der Waals surface area contributed by atoms with Crippen LogP contribution in [0.25, 0.3) is 0 Å². The van der Waals surface area contributed by atoms with Gasteiger partial charge in [0, 0.05) is 79.3 Å². The average molecular weight is 945 g/mol. The fourth-order valence-electron chi connectivity index (χ4n) is 9.26. The molecule has 1 saturated heterocycles. The number of fused-ring (bicyclic) bond motifs is 2. The Morgan fingerprint density at radius 1 is 1.04 bits per heavy atom. The van der Waals surface area contributed by atoms with Gasteiger partial charge in [-0.1, -0.05) is 12.2 Å². The molecule has 0 bridgehead atoms. The molecule has 0 radical (unpaired) electrons. The molecule has 22 nitrogen and oxygen atoms in total. The van der Waals surface area contributed by atoms with Gasteiger partial charge in [0.2, 0.25) is 12.1 Å². The number of guanidine groups is 1. The van der Waals surface area contributed by atoms with Crippen molar-refractivity contribution in [2.24, 2.45) is 28.1 Å². The number of hydrogen-bond acceptors (Lipinski definition) is 19. The van der Waals surface area contributed by atoms with Crippen molar-refractivity contribution in [3.8, 4) is 17.2 Å². The number of amides is 2. The summed E-state index contributed by atoms with van der Waals surface area (Å²) in [5, 5.41) is 88.4. The molecular weight excluding hydrogens is 889 g/mol. The molecule has 2 aromatic rings. The number of aromatic hydroxyl groups is 1. The Bertz CT molecular complexity index is 2530. The van der Waals surface area contributed by atoms with Gasteiger partial charge < -0.3 is 83.1 Å². The predicted molar refractivity (Wildman–Crippen MR) is 241 cm³/mol. The molecule has 8 atom stereocenters. The van der Waals surface area contributed by atoms with Crippen molar-refractivity contribution in [2.45, 2.75) is 74.7 Å². The van der Waals surface area contributed by atoms with Gasteiger partial charge in [0.15, 0.2) is 11.7 Å². The third kappa shape index (κ3) is 9.31. The Labute approximate surface area is 389 Å². The lowest BCUT2D eigenvalue weighted by atomic mass is 9.75. The fraction of sp³-hybridized carbons (Fsp3) is 0.413. The molecule has 16 N–H and O–H groups in total. The van der Waals surface area contributed by atoms with Crippen LogP contribution in [0.3, 0.4) is 0 Å². The zero-order valence-corrected chi connectivity index (χ0v) is 37.2. The second-order valence-corrected chi connectivity index (χ2v) is 16.9. The minimum Gasteiger partial charge on any atom is -0.507 e. The van der Waals surface area contributed by atoms with E-state index in [1.807, 2.05) is 6.08 Å². The van der Waals surface area contributed by atoms with Gasteiger partial charge in [-0.3, -0.25) is 29.1 Å². The maximum Gasteiger partial charge on any atom is 0.253 e. The summed E-state index contributed by atoms with van der Waals surface area (Å²) in [7, 11) is 2.65. The third-order valence-electron chi connectivity index (χ3n) is 12.8. The van der Waals surface area contributed by atoms with Crippen LogP contribution in [-0.4, -0.2) is 147 Å². The average Bonchev–Trinajstić information content (AvgIpc) is 3.64. The van der Waals surface area contributed by atoms with Gasteiger partial charge in [-0.05, 0) is 60.6 Å². The molecule has 5 aliphatic rings. The molecule has 4 heterocycles. The first-order valence-electron chi connectivity index (χ1n) is 21.8. The number of phenolic OH excluding ortho intramolecular Hbond substituents is 1. The van der Waals surface area contributed by atoms with Gasteiger partial charge in [0.1, 0.15) is 41.2 Å². The molecule has 4 aliphatic heterocycles. The monoisotopic (exact) mass is 944 g/mol. The molecule has 8 unspecified atom stereocenters. The van der Waals surface area contributed by atoms with E-state index in [-0.39, 0.29) is 65.7 Å². The minimum absolute atomic E-state index is 0.0306. The number of nitrogens with two attached hydrogens (primary N) is 3. The number of dihydropyridines is 2. The van der Waals surface area contributed by atoms with E-state index < -0.39 is 121 Å². The first-order chi connectivity index (χ1) is 32.5. The number of aliphatic hydroxyl groups excluding tert-OH is 5. The highest BCUT2D eigenvalue weighted by molar-refractivity contribution is 6.31. The Morgan fingerprint density at radius 2 is 1.78 bits per heavy atom. The Hall–Kier alpha value is -6.63. The van der Waals surface area contributed by atoms with E-state index in [9.17, 15) is 50.1 Å². The molecule has 7 rings (SSSR count). The number of ketones is 2. The van der Waals surface area contributed by atoms with Gasteiger partial charge in [-0.15, -0.1) is 0 Å². The molecule has 2 amide bonds. The van der Waals surface area contributed by atoms with Crippen LogP contribution >= 0.6 is 0 Å². The first kappa shape index (κ1) is 49.3. The molecule has 68 heavy (non-hydrogen) atoms. The Balaban J connectivity index is 1.28. The number of aliphatic hydroxyl groups is 6. The standard InChI is InChI=1S/C46H56N8O14/c1-50-45(49)53-27(10-12-55)35-23(5-3-21-4-6-31(47)52-17-21)13-25-37(40(35)61)41(62)38-29(15-28(66-2)26(19-56)36(38)39(25)60)67-44-42(63)43(64)46(65,30(20-57)68-44)16-24(22-9-11-51-32(48)14-22)18-54-33(58)7-8-34(54)59/h4,6-9,13-15,17,24,27,30-31,42-44,51-52,55-57,61,63-65H,3,5,10-12,16,18-20,47-48H2,1-2H3,(H3,49,50,53). The number of nitrogens with one attached hydrogen (secondary N) is 3. The number of nitrogens with zero attached hydrogens (tertiary/aromatic N) is 2. The smallest absolute Gasteiger partial charge is 0.253 e. The van der Waals surface area contributed by atoms with Crippen molar-refractivity contribution in [2.75, 3.05) is 40.5 Å². The van der Waals surface area contributed by atoms with E-state index in [4.69, 9.17) is 31.4 Å². The van der Waals surface area contributed by atoms with Crippen LogP contribution in [0.15, 0.2) is 76.7 Å². The number of hydrogen-bond donors (Lipinski definition) is 13. The van der Waals surface area contributed by atoms with Gasteiger partial charge >= 0.3 is 0 Å². The summed E-state index contributed by atoms with van der Waals surface area (Å²) in [6.07, 6.45) is 2.29. The lowest BCUT2D eigenvalue weighted by molar-refractivity contribution is -0.316. The lowest BCUT2D eigenvalue weighted by Gasteiger charge is -2.49. The summed E-state index contributed by atoms with van der Waals surface area (Å²) in [4.78, 5) is 60.0. The predicted octanol–water partition coefficient (Wildman–Crippen LogP) is -2.30. The number of ether oxygens (including phenoxy) is 3. The number of carbonyl (C=O) groups excluding carboxylic acids is 4. The van der Waals surface area contributed by atoms with Gasteiger partial charge in [0.05, 0.1) is 49.5 Å². The number of aryl methyl sites for hydroxylation is 1. The summed E-state index contributed by atoms with van der Waals surface area (Å²) in [6.45, 7) is -2.24. The van der Waals surface area contributed by atoms with Crippen LogP contribution in [0.1, 0.15) is 73.8 Å². The van der Waals surface area contributed by atoms with Crippen LogP contribution < -0.4 is 42.6 Å². The summed E-state index contributed by atoms with van der Waals surface area (Å²) in [6, 6.07) is 1.65. The van der Waals surface area contributed by atoms with E-state index in [1.165, 1.54) is 26.3 Å². The number of imide groups is 1. The maximum absolute atomic E-state index is 15.0. The highest BCUT2D eigenvalue weighted by Gasteiger charge is 2.57. The van der Waals surface area contributed by atoms with Crippen molar-refractivity contribution in [1.82, 2.24) is 20.9 Å². The fourth-order valence-corrected chi connectivity index (χ4v) is 9.26. The first-order valence-corrected chi connectivity index (χ1v) is 21.8. The number of methoxy groups -OCH3 is 1. The largest absolute Gasteiger partial charge is 0.507 e. The van der Waals surface area contributed by atoms with Crippen molar-refractivity contribution in [1.29, 1.82) is 0 Å². The topological polar surface area (TPSA) is 367 Å². The van der Waals surface area contributed by atoms with Crippen molar-refractivity contribution < 1.29 is 69.1 Å². The number of rotatable bonds is 17. The van der Waals surface area contributed by atoms with E-state index in [1.54, 1.807) is 18.4 Å². The Kier molecular flexibility index (Phi) is 14.7.